The van der Waals surface area contributed by atoms with Crippen molar-refractivity contribution >= 4 is 27.7 Å². The summed E-state index contributed by atoms with van der Waals surface area (Å²) in [5.41, 5.74) is 0. The number of ether oxygens (including phenoxy) is 1. The number of rotatable bonds is 8. The van der Waals surface area contributed by atoms with E-state index in [-0.39, 0.29) is 23.3 Å². The standard InChI is InChI=1S/C17H23N5O4S2/c1-26-14-4-6-15(7-5-14)28(24,25)22-9-2-3-13(11-22)16(23)18-8-10-27-17-19-12-20-21-17/h4-7,12-13H,2-3,8-11H2,1H3,(H,18,23)(H,19,20,21)/t13-/m1/s1. The Kier molecular flexibility index (Phi) is 6.92. The molecule has 152 valence electrons. The van der Waals surface area contributed by atoms with Crippen molar-refractivity contribution in [2.45, 2.75) is 22.9 Å². The first-order chi connectivity index (χ1) is 13.5. The van der Waals surface area contributed by atoms with Crippen molar-refractivity contribution in [1.82, 2.24) is 24.8 Å². The number of amides is 1. The number of hydrogen-bond donors (Lipinski definition) is 2. The molecule has 0 unspecified atom stereocenters. The Morgan fingerprint density at radius 1 is 1.39 bits per heavy atom. The van der Waals surface area contributed by atoms with Gasteiger partial charge in [-0.15, -0.1) is 0 Å². The second-order valence-electron chi connectivity index (χ2n) is 6.31. The van der Waals surface area contributed by atoms with Gasteiger partial charge in [-0.2, -0.15) is 9.40 Å². The van der Waals surface area contributed by atoms with Crippen molar-refractivity contribution in [1.29, 1.82) is 0 Å². The van der Waals surface area contributed by atoms with Gasteiger partial charge in [0.25, 0.3) is 0 Å². The average Bonchev–Trinajstić information content (AvgIpc) is 3.24. The lowest BCUT2D eigenvalue weighted by molar-refractivity contribution is -0.125. The van der Waals surface area contributed by atoms with E-state index in [1.165, 1.54) is 41.6 Å². The summed E-state index contributed by atoms with van der Waals surface area (Å²) in [5, 5.41) is 10.1. The van der Waals surface area contributed by atoms with Crippen LogP contribution in [0.3, 0.4) is 0 Å². The molecular formula is C17H23N5O4S2. The highest BCUT2D eigenvalue weighted by Crippen LogP contribution is 2.25. The van der Waals surface area contributed by atoms with E-state index in [9.17, 15) is 13.2 Å². The van der Waals surface area contributed by atoms with Gasteiger partial charge >= 0.3 is 0 Å². The Bertz CT molecular complexity index is 871. The van der Waals surface area contributed by atoms with E-state index in [1.54, 1.807) is 12.1 Å². The van der Waals surface area contributed by atoms with E-state index in [4.69, 9.17) is 4.74 Å². The molecule has 1 fully saturated rings. The van der Waals surface area contributed by atoms with E-state index in [0.29, 0.717) is 42.6 Å². The smallest absolute Gasteiger partial charge is 0.243 e. The van der Waals surface area contributed by atoms with E-state index >= 15 is 0 Å². The fraction of sp³-hybridized carbons (Fsp3) is 0.471. The first-order valence-corrected chi connectivity index (χ1v) is 11.3. The lowest BCUT2D eigenvalue weighted by Gasteiger charge is -2.31. The molecular weight excluding hydrogens is 402 g/mol. The van der Waals surface area contributed by atoms with Crippen LogP contribution in [0.2, 0.25) is 0 Å². The predicted molar refractivity (Wildman–Crippen MR) is 105 cm³/mol. The molecule has 1 saturated heterocycles. The van der Waals surface area contributed by atoms with Crippen LogP contribution in [0.5, 0.6) is 5.75 Å². The molecule has 11 heteroatoms. The minimum absolute atomic E-state index is 0.118. The number of thioether (sulfide) groups is 1. The quantitative estimate of drug-likeness (QED) is 0.481. The van der Waals surface area contributed by atoms with Crippen LogP contribution in [0.25, 0.3) is 0 Å². The lowest BCUT2D eigenvalue weighted by Crippen LogP contribution is -2.45. The molecule has 0 aliphatic carbocycles. The maximum atomic E-state index is 12.9. The molecule has 1 aliphatic heterocycles. The van der Waals surface area contributed by atoms with Gasteiger partial charge in [-0.3, -0.25) is 9.89 Å². The summed E-state index contributed by atoms with van der Waals surface area (Å²) >= 11 is 1.46. The van der Waals surface area contributed by atoms with Crippen LogP contribution in [0.15, 0.2) is 40.6 Å². The van der Waals surface area contributed by atoms with E-state index in [1.807, 2.05) is 0 Å². The third kappa shape index (κ3) is 5.03. The summed E-state index contributed by atoms with van der Waals surface area (Å²) in [4.78, 5) is 16.7. The van der Waals surface area contributed by atoms with Crippen LogP contribution in [0, 0.1) is 5.92 Å². The van der Waals surface area contributed by atoms with E-state index in [2.05, 4.69) is 20.5 Å². The highest BCUT2D eigenvalue weighted by atomic mass is 32.2. The minimum Gasteiger partial charge on any atom is -0.497 e. The molecule has 2 aromatic rings. The zero-order valence-corrected chi connectivity index (χ0v) is 17.1. The number of hydrogen-bond acceptors (Lipinski definition) is 7. The average molecular weight is 426 g/mol. The monoisotopic (exact) mass is 425 g/mol. The molecule has 1 aliphatic rings. The zero-order chi connectivity index (χ0) is 20.0. The van der Waals surface area contributed by atoms with Crippen LogP contribution in [-0.2, 0) is 14.8 Å². The largest absolute Gasteiger partial charge is 0.497 e. The highest BCUT2D eigenvalue weighted by molar-refractivity contribution is 7.99. The molecule has 0 saturated carbocycles. The highest BCUT2D eigenvalue weighted by Gasteiger charge is 2.33. The maximum absolute atomic E-state index is 12.9. The summed E-state index contributed by atoms with van der Waals surface area (Å²) in [6.45, 7) is 1.08. The van der Waals surface area contributed by atoms with Crippen molar-refractivity contribution in [3.8, 4) is 5.75 Å². The molecule has 0 radical (unpaired) electrons. The lowest BCUT2D eigenvalue weighted by atomic mass is 9.99. The molecule has 9 nitrogen and oxygen atoms in total. The van der Waals surface area contributed by atoms with Gasteiger partial charge in [0, 0.05) is 25.4 Å². The maximum Gasteiger partial charge on any atom is 0.243 e. The Morgan fingerprint density at radius 3 is 2.86 bits per heavy atom. The number of nitrogens with one attached hydrogen (secondary N) is 2. The third-order valence-corrected chi connectivity index (χ3v) is 7.24. The number of methoxy groups -OCH3 is 1. The number of carbonyl (C=O) groups is 1. The van der Waals surface area contributed by atoms with Crippen molar-refractivity contribution in [2.75, 3.05) is 32.5 Å². The molecule has 2 heterocycles. The Balaban J connectivity index is 1.54. The number of piperidine rings is 1. The summed E-state index contributed by atoms with van der Waals surface area (Å²) < 4.78 is 32.2. The molecule has 28 heavy (non-hydrogen) atoms. The second kappa shape index (κ2) is 9.39. The topological polar surface area (TPSA) is 117 Å². The van der Waals surface area contributed by atoms with Crippen LogP contribution in [0.1, 0.15) is 12.8 Å². The van der Waals surface area contributed by atoms with Crippen molar-refractivity contribution in [3.63, 3.8) is 0 Å². The molecule has 0 bridgehead atoms. The third-order valence-electron chi connectivity index (χ3n) is 4.49. The number of carbonyl (C=O) groups excluding carboxylic acids is 1. The van der Waals surface area contributed by atoms with Gasteiger partial charge < -0.3 is 10.1 Å². The van der Waals surface area contributed by atoms with Crippen molar-refractivity contribution < 1.29 is 17.9 Å². The Morgan fingerprint density at radius 2 is 2.18 bits per heavy atom. The van der Waals surface area contributed by atoms with Gasteiger partial charge in [-0.05, 0) is 37.1 Å². The molecule has 3 rings (SSSR count). The first kappa shape index (κ1) is 20.6. The van der Waals surface area contributed by atoms with Crippen LogP contribution >= 0.6 is 11.8 Å². The Hall–Kier alpha value is -2.11. The van der Waals surface area contributed by atoms with Gasteiger partial charge in [0.15, 0.2) is 5.16 Å². The second-order valence-corrected chi connectivity index (χ2v) is 9.33. The molecule has 1 aromatic heterocycles. The SMILES string of the molecule is COc1ccc(S(=O)(=O)N2CCC[C@@H](C(=O)NCCSc3ncn[nH]3)C2)cc1. The molecule has 1 aromatic carbocycles. The van der Waals surface area contributed by atoms with Crippen LogP contribution in [0.4, 0.5) is 0 Å². The summed E-state index contributed by atoms with van der Waals surface area (Å²) in [6.07, 6.45) is 2.76. The van der Waals surface area contributed by atoms with Gasteiger partial charge in [-0.1, -0.05) is 11.8 Å². The van der Waals surface area contributed by atoms with Gasteiger partial charge in [0.1, 0.15) is 12.1 Å². The van der Waals surface area contributed by atoms with Crippen LogP contribution < -0.4 is 10.1 Å². The van der Waals surface area contributed by atoms with Crippen molar-refractivity contribution in [3.05, 3.63) is 30.6 Å². The minimum atomic E-state index is -3.63. The normalized spacial score (nSPS) is 18.0. The molecule has 0 spiro atoms. The summed E-state index contributed by atoms with van der Waals surface area (Å²) in [6, 6.07) is 6.29. The predicted octanol–water partition coefficient (Wildman–Crippen LogP) is 1.12. The molecule has 1 atom stereocenters. The molecule has 1 amide bonds. The fourth-order valence-electron chi connectivity index (χ4n) is 3.00. The van der Waals surface area contributed by atoms with E-state index in [0.717, 1.165) is 0 Å². The number of aromatic nitrogens is 3. The summed E-state index contributed by atoms with van der Waals surface area (Å²) in [7, 11) is -2.10. The number of sulfonamides is 1. The van der Waals surface area contributed by atoms with Crippen LogP contribution in [-0.4, -0.2) is 66.3 Å². The number of benzene rings is 1. The molecule has 2 N–H and O–H groups in total. The van der Waals surface area contributed by atoms with Gasteiger partial charge in [-0.25, -0.2) is 13.4 Å². The number of nitrogens with zero attached hydrogens (tertiary/aromatic N) is 3. The van der Waals surface area contributed by atoms with Crippen molar-refractivity contribution in [2.24, 2.45) is 5.92 Å². The number of aromatic amines is 1. The zero-order valence-electron chi connectivity index (χ0n) is 15.5. The van der Waals surface area contributed by atoms with Gasteiger partial charge in [0.05, 0.1) is 17.9 Å². The fourth-order valence-corrected chi connectivity index (χ4v) is 5.16. The summed E-state index contributed by atoms with van der Waals surface area (Å²) in [5.74, 6) is 0.782. The Labute approximate surface area is 168 Å². The van der Waals surface area contributed by atoms with E-state index < -0.39 is 10.0 Å². The van der Waals surface area contributed by atoms with Gasteiger partial charge in [0.2, 0.25) is 15.9 Å². The first-order valence-electron chi connectivity index (χ1n) is 8.91. The number of H-pyrrole nitrogens is 1.